The number of carboxylic acids is 1. The van der Waals surface area contributed by atoms with Crippen LogP contribution in [0.5, 0.6) is 11.5 Å². The zero-order valence-corrected chi connectivity index (χ0v) is 10.3. The second-order valence-corrected chi connectivity index (χ2v) is 2.97. The van der Waals surface area contributed by atoms with Crippen molar-refractivity contribution >= 4 is 35.5 Å². The summed E-state index contributed by atoms with van der Waals surface area (Å²) in [5.41, 5.74) is 5.86. The number of rotatable bonds is 3. The van der Waals surface area contributed by atoms with Gasteiger partial charge in [0.25, 0.3) is 0 Å². The number of aromatic hydroxyl groups is 2. The Balaban J connectivity index is 0.00000196. The number of phenols is 2. The monoisotopic (exact) mass is 220 g/mol. The van der Waals surface area contributed by atoms with Crippen molar-refractivity contribution < 1.29 is 20.1 Å². The van der Waals surface area contributed by atoms with Crippen LogP contribution >= 0.6 is 0 Å². The van der Waals surface area contributed by atoms with Crippen molar-refractivity contribution in [1.82, 2.24) is 0 Å². The van der Waals surface area contributed by atoms with E-state index in [2.05, 4.69) is 0 Å². The molecule has 0 aliphatic carbocycles. The maximum absolute atomic E-state index is 10.4. The first-order valence-corrected chi connectivity index (χ1v) is 4.00. The van der Waals surface area contributed by atoms with Gasteiger partial charge in [-0.15, -0.1) is 0 Å². The maximum Gasteiger partial charge on any atom is 0.320 e. The average molecular weight is 220 g/mol. The van der Waals surface area contributed by atoms with Crippen molar-refractivity contribution in [3.63, 3.8) is 0 Å². The summed E-state index contributed by atoms with van der Waals surface area (Å²) in [4.78, 5) is 10.4. The molecule has 1 aromatic rings. The summed E-state index contributed by atoms with van der Waals surface area (Å²) in [6, 6.07) is 3.09. The fourth-order valence-corrected chi connectivity index (χ4v) is 1.04. The molecule has 0 aliphatic heterocycles. The molecule has 5 N–H and O–H groups in total. The Labute approximate surface area is 109 Å². The maximum atomic E-state index is 10.4. The minimum absolute atomic E-state index is 0. The third-order valence-corrected chi connectivity index (χ3v) is 1.81. The predicted molar refractivity (Wildman–Crippen MR) is 54.8 cm³/mol. The van der Waals surface area contributed by atoms with E-state index in [-0.39, 0.29) is 47.5 Å². The molecule has 1 atom stereocenters. The van der Waals surface area contributed by atoms with Gasteiger partial charge in [0.2, 0.25) is 0 Å². The van der Waals surface area contributed by atoms with Crippen LogP contribution in [0, 0.1) is 0 Å². The van der Waals surface area contributed by atoms with Crippen LogP contribution in [0.2, 0.25) is 0 Å². The van der Waals surface area contributed by atoms with E-state index in [4.69, 9.17) is 21.1 Å². The molecule has 0 aromatic heterocycles. The van der Waals surface area contributed by atoms with Crippen molar-refractivity contribution in [3.8, 4) is 11.5 Å². The molecule has 77 valence electrons. The first-order valence-electron chi connectivity index (χ1n) is 4.00. The molecule has 15 heavy (non-hydrogen) atoms. The molecule has 0 saturated carbocycles. The van der Waals surface area contributed by atoms with Crippen LogP contribution in [-0.4, -0.2) is 56.9 Å². The zero-order valence-electron chi connectivity index (χ0n) is 8.34. The predicted octanol–water partition coefficient (Wildman–Crippen LogP) is -0.329. The standard InChI is InChI=1S/C9H11NO4.Na/c10-6(9(13)14)3-5-1-2-7(11)8(12)4-5;/h1-2,4,6,11-12H,3,10H2,(H,13,14);/t6-;/m0./s1. The number of carboxylic acid groups (broad SMARTS) is 1. The van der Waals surface area contributed by atoms with Crippen LogP contribution in [0.25, 0.3) is 0 Å². The molecule has 0 amide bonds. The van der Waals surface area contributed by atoms with E-state index in [0.29, 0.717) is 5.56 Å². The Morgan fingerprint density at radius 1 is 1.33 bits per heavy atom. The van der Waals surface area contributed by atoms with Gasteiger partial charge in [0, 0.05) is 29.6 Å². The summed E-state index contributed by atoms with van der Waals surface area (Å²) in [5.74, 6) is -1.62. The normalized spacial score (nSPS) is 11.5. The summed E-state index contributed by atoms with van der Waals surface area (Å²) in [5, 5.41) is 26.6. The number of hydrogen-bond donors (Lipinski definition) is 4. The number of phenolic OH excluding ortho intramolecular Hbond substituents is 2. The van der Waals surface area contributed by atoms with Gasteiger partial charge in [-0.1, -0.05) is 6.07 Å². The molecule has 0 bridgehead atoms. The molecular formula is C9H11NNaO4. The van der Waals surface area contributed by atoms with Gasteiger partial charge < -0.3 is 21.1 Å². The molecule has 0 aliphatic rings. The van der Waals surface area contributed by atoms with Crippen molar-refractivity contribution in [2.75, 3.05) is 0 Å². The third kappa shape index (κ3) is 4.09. The van der Waals surface area contributed by atoms with Crippen LogP contribution in [0.1, 0.15) is 5.56 Å². The van der Waals surface area contributed by atoms with E-state index in [1.165, 1.54) is 18.2 Å². The fourth-order valence-electron chi connectivity index (χ4n) is 1.04. The topological polar surface area (TPSA) is 104 Å². The minimum Gasteiger partial charge on any atom is -0.504 e. The van der Waals surface area contributed by atoms with E-state index in [1.807, 2.05) is 0 Å². The van der Waals surface area contributed by atoms with Gasteiger partial charge in [0.15, 0.2) is 11.5 Å². The van der Waals surface area contributed by atoms with E-state index in [9.17, 15) is 4.79 Å². The average Bonchev–Trinajstić information content (AvgIpc) is 2.11. The van der Waals surface area contributed by atoms with Crippen LogP contribution in [0.15, 0.2) is 18.2 Å². The molecule has 1 aromatic carbocycles. The van der Waals surface area contributed by atoms with Crippen molar-refractivity contribution in [2.24, 2.45) is 5.73 Å². The molecule has 0 fully saturated rings. The molecular weight excluding hydrogens is 209 g/mol. The van der Waals surface area contributed by atoms with E-state index >= 15 is 0 Å². The molecule has 5 nitrogen and oxygen atoms in total. The van der Waals surface area contributed by atoms with E-state index in [1.54, 1.807) is 0 Å². The molecule has 0 spiro atoms. The Hall–Kier alpha value is -0.750. The Morgan fingerprint density at radius 2 is 1.93 bits per heavy atom. The summed E-state index contributed by atoms with van der Waals surface area (Å²) in [6.07, 6.45) is 0.114. The van der Waals surface area contributed by atoms with Crippen LogP contribution in [-0.2, 0) is 11.2 Å². The van der Waals surface area contributed by atoms with Crippen LogP contribution in [0.3, 0.4) is 0 Å². The fraction of sp³-hybridized carbons (Fsp3) is 0.222. The van der Waals surface area contributed by atoms with Gasteiger partial charge in [-0.3, -0.25) is 4.79 Å². The van der Waals surface area contributed by atoms with Crippen molar-refractivity contribution in [3.05, 3.63) is 23.8 Å². The molecule has 0 unspecified atom stereocenters. The smallest absolute Gasteiger partial charge is 0.320 e. The van der Waals surface area contributed by atoms with Crippen LogP contribution < -0.4 is 5.73 Å². The number of hydrogen-bond acceptors (Lipinski definition) is 4. The number of aliphatic carboxylic acids is 1. The van der Waals surface area contributed by atoms with E-state index in [0.717, 1.165) is 0 Å². The first-order chi connectivity index (χ1) is 6.50. The summed E-state index contributed by atoms with van der Waals surface area (Å²) >= 11 is 0. The van der Waals surface area contributed by atoms with Gasteiger partial charge in [-0.2, -0.15) is 0 Å². The molecule has 6 heteroatoms. The van der Waals surface area contributed by atoms with Gasteiger partial charge in [0.05, 0.1) is 0 Å². The Morgan fingerprint density at radius 3 is 2.40 bits per heavy atom. The third-order valence-electron chi connectivity index (χ3n) is 1.81. The number of nitrogens with two attached hydrogens (primary N) is 1. The van der Waals surface area contributed by atoms with E-state index < -0.39 is 12.0 Å². The quantitative estimate of drug-likeness (QED) is 0.412. The summed E-state index contributed by atoms with van der Waals surface area (Å²) in [6.45, 7) is 0. The largest absolute Gasteiger partial charge is 0.504 e. The number of benzene rings is 1. The van der Waals surface area contributed by atoms with Gasteiger partial charge in [-0.05, 0) is 24.1 Å². The summed E-state index contributed by atoms with van der Waals surface area (Å²) in [7, 11) is 0. The van der Waals surface area contributed by atoms with Gasteiger partial charge in [-0.25, -0.2) is 0 Å². The molecule has 1 rings (SSSR count). The molecule has 1 radical (unpaired) electrons. The van der Waals surface area contributed by atoms with Gasteiger partial charge >= 0.3 is 5.97 Å². The van der Waals surface area contributed by atoms with Crippen LogP contribution in [0.4, 0.5) is 0 Å². The second-order valence-electron chi connectivity index (χ2n) is 2.97. The molecule has 0 saturated heterocycles. The SMILES string of the molecule is N[C@@H](Cc1ccc(O)c(O)c1)C(=O)O.[Na]. The second kappa shape index (κ2) is 5.97. The Bertz CT molecular complexity index is 356. The zero-order chi connectivity index (χ0) is 10.7. The summed E-state index contributed by atoms with van der Waals surface area (Å²) < 4.78 is 0. The number of carbonyl (C=O) groups is 1. The first kappa shape index (κ1) is 14.2. The Kier molecular flexibility index (Phi) is 5.67. The van der Waals surface area contributed by atoms with Crippen molar-refractivity contribution in [1.29, 1.82) is 0 Å². The van der Waals surface area contributed by atoms with Gasteiger partial charge in [0.1, 0.15) is 6.04 Å². The molecule has 0 heterocycles. The minimum atomic E-state index is -1.10. The van der Waals surface area contributed by atoms with Crippen molar-refractivity contribution in [2.45, 2.75) is 12.5 Å².